The first kappa shape index (κ1) is 19.2. The molecule has 0 radical (unpaired) electrons. The summed E-state index contributed by atoms with van der Waals surface area (Å²) < 4.78 is 7.43. The lowest BCUT2D eigenvalue weighted by atomic mass is 10.0. The third kappa shape index (κ3) is 4.80. The van der Waals surface area contributed by atoms with E-state index in [4.69, 9.17) is 4.42 Å². The van der Waals surface area contributed by atoms with Crippen LogP contribution < -0.4 is 5.32 Å². The van der Waals surface area contributed by atoms with Crippen molar-refractivity contribution < 1.29 is 9.21 Å². The van der Waals surface area contributed by atoms with Crippen LogP contribution in [0.15, 0.2) is 52.2 Å². The number of benzene rings is 1. The van der Waals surface area contributed by atoms with Crippen molar-refractivity contribution >= 4 is 23.4 Å². The van der Waals surface area contributed by atoms with Gasteiger partial charge in [0.05, 0.1) is 12.0 Å². The minimum atomic E-state index is -0.0668. The summed E-state index contributed by atoms with van der Waals surface area (Å²) in [6, 6.07) is 11.6. The minimum Gasteiger partial charge on any atom is -0.461 e. The van der Waals surface area contributed by atoms with Gasteiger partial charge in [0.1, 0.15) is 0 Å². The van der Waals surface area contributed by atoms with Gasteiger partial charge in [0.2, 0.25) is 5.91 Å². The maximum absolute atomic E-state index is 12.3. The third-order valence-corrected chi connectivity index (χ3v) is 5.07. The Morgan fingerprint density at radius 2 is 2.00 bits per heavy atom. The van der Waals surface area contributed by atoms with Crippen LogP contribution in [0.3, 0.4) is 0 Å². The average Bonchev–Trinajstić information content (AvgIpc) is 3.30. The fourth-order valence-electron chi connectivity index (χ4n) is 2.69. The molecule has 7 heteroatoms. The molecule has 0 fully saturated rings. The van der Waals surface area contributed by atoms with E-state index in [2.05, 4.69) is 36.3 Å². The maximum Gasteiger partial charge on any atom is 0.234 e. The lowest BCUT2D eigenvalue weighted by Crippen LogP contribution is -2.14. The molecule has 1 amide bonds. The van der Waals surface area contributed by atoms with E-state index < -0.39 is 0 Å². The Balaban J connectivity index is 1.63. The first-order valence-electron chi connectivity index (χ1n) is 9.08. The summed E-state index contributed by atoms with van der Waals surface area (Å²) >= 11 is 1.38. The van der Waals surface area contributed by atoms with Crippen molar-refractivity contribution in [3.63, 3.8) is 0 Å². The number of aromatic nitrogens is 3. The number of hydrogen-bond donors (Lipinski definition) is 1. The molecule has 0 saturated carbocycles. The van der Waals surface area contributed by atoms with E-state index in [0.29, 0.717) is 22.7 Å². The number of amides is 1. The molecule has 0 saturated heterocycles. The van der Waals surface area contributed by atoms with Gasteiger partial charge in [-0.25, -0.2) is 0 Å². The topological polar surface area (TPSA) is 73.0 Å². The molecule has 0 aliphatic carbocycles. The number of thioether (sulfide) groups is 1. The molecule has 0 atom stereocenters. The van der Waals surface area contributed by atoms with E-state index in [1.807, 2.05) is 41.0 Å². The number of nitrogens with one attached hydrogen (secondary N) is 1. The Bertz CT molecular complexity index is 870. The van der Waals surface area contributed by atoms with E-state index in [1.54, 1.807) is 6.26 Å². The van der Waals surface area contributed by atoms with Gasteiger partial charge in [-0.15, -0.1) is 10.2 Å². The van der Waals surface area contributed by atoms with Crippen molar-refractivity contribution in [2.75, 3.05) is 11.1 Å². The number of anilines is 1. The molecule has 0 aliphatic heterocycles. The van der Waals surface area contributed by atoms with E-state index in [0.717, 1.165) is 18.7 Å². The molecule has 1 aromatic carbocycles. The molecule has 0 unspecified atom stereocenters. The second kappa shape index (κ2) is 8.90. The largest absolute Gasteiger partial charge is 0.461 e. The zero-order chi connectivity index (χ0) is 19.2. The van der Waals surface area contributed by atoms with Crippen LogP contribution in [-0.4, -0.2) is 26.4 Å². The lowest BCUT2D eigenvalue weighted by molar-refractivity contribution is -0.113. The van der Waals surface area contributed by atoms with Gasteiger partial charge in [0, 0.05) is 12.2 Å². The molecule has 142 valence electrons. The normalized spacial score (nSPS) is 11.1. The van der Waals surface area contributed by atoms with E-state index >= 15 is 0 Å². The van der Waals surface area contributed by atoms with Crippen LogP contribution in [0.25, 0.3) is 11.6 Å². The SMILES string of the molecule is CCCn1c(SCC(=O)Nc2ccc(C(C)C)cc2)nnc1-c1ccco1. The highest BCUT2D eigenvalue weighted by molar-refractivity contribution is 7.99. The second-order valence-corrected chi connectivity index (χ2v) is 7.49. The van der Waals surface area contributed by atoms with Crippen LogP contribution in [0, 0.1) is 0 Å². The van der Waals surface area contributed by atoms with Crippen LogP contribution in [0.2, 0.25) is 0 Å². The van der Waals surface area contributed by atoms with Gasteiger partial charge in [-0.1, -0.05) is 44.7 Å². The monoisotopic (exact) mass is 384 g/mol. The van der Waals surface area contributed by atoms with Crippen molar-refractivity contribution in [1.82, 2.24) is 14.8 Å². The number of furan rings is 1. The fraction of sp³-hybridized carbons (Fsp3) is 0.350. The Morgan fingerprint density at radius 1 is 1.22 bits per heavy atom. The summed E-state index contributed by atoms with van der Waals surface area (Å²) in [5.41, 5.74) is 2.05. The standard InChI is InChI=1S/C20H24N4O2S/c1-4-11-24-19(17-6-5-12-26-17)22-23-20(24)27-13-18(25)21-16-9-7-15(8-10-16)14(2)3/h5-10,12,14H,4,11,13H2,1-3H3,(H,21,25). The van der Waals surface area contributed by atoms with Gasteiger partial charge in [-0.05, 0) is 42.2 Å². The number of nitrogens with zero attached hydrogens (tertiary/aromatic N) is 3. The molecule has 0 spiro atoms. The van der Waals surface area contributed by atoms with E-state index in [-0.39, 0.29) is 11.7 Å². The van der Waals surface area contributed by atoms with Crippen LogP contribution in [0.5, 0.6) is 0 Å². The summed E-state index contributed by atoms with van der Waals surface area (Å²) in [7, 11) is 0. The van der Waals surface area contributed by atoms with Gasteiger partial charge < -0.3 is 9.73 Å². The van der Waals surface area contributed by atoms with Gasteiger partial charge in [0.15, 0.2) is 16.7 Å². The zero-order valence-electron chi connectivity index (χ0n) is 15.8. The first-order valence-corrected chi connectivity index (χ1v) is 10.1. The van der Waals surface area contributed by atoms with Gasteiger partial charge >= 0.3 is 0 Å². The highest BCUT2D eigenvalue weighted by Gasteiger charge is 2.16. The predicted molar refractivity (Wildman–Crippen MR) is 108 cm³/mol. The molecular weight excluding hydrogens is 360 g/mol. The number of carbonyl (C=O) groups excluding carboxylic acids is 1. The van der Waals surface area contributed by atoms with Gasteiger partial charge in [0.25, 0.3) is 0 Å². The average molecular weight is 385 g/mol. The predicted octanol–water partition coefficient (Wildman–Crippen LogP) is 4.80. The smallest absolute Gasteiger partial charge is 0.234 e. The highest BCUT2D eigenvalue weighted by Crippen LogP contribution is 2.25. The molecule has 6 nitrogen and oxygen atoms in total. The third-order valence-electron chi connectivity index (χ3n) is 4.10. The van der Waals surface area contributed by atoms with Crippen LogP contribution >= 0.6 is 11.8 Å². The van der Waals surface area contributed by atoms with Crippen molar-refractivity contribution in [2.24, 2.45) is 0 Å². The molecule has 0 aliphatic rings. The van der Waals surface area contributed by atoms with Gasteiger partial charge in [-0.3, -0.25) is 9.36 Å². The van der Waals surface area contributed by atoms with E-state index in [1.165, 1.54) is 17.3 Å². The fourth-order valence-corrected chi connectivity index (χ4v) is 3.45. The molecule has 27 heavy (non-hydrogen) atoms. The summed E-state index contributed by atoms with van der Waals surface area (Å²) in [6.45, 7) is 7.15. The lowest BCUT2D eigenvalue weighted by Gasteiger charge is -2.09. The second-order valence-electron chi connectivity index (χ2n) is 6.55. The van der Waals surface area contributed by atoms with Crippen molar-refractivity contribution in [1.29, 1.82) is 0 Å². The van der Waals surface area contributed by atoms with Crippen LogP contribution in [-0.2, 0) is 11.3 Å². The molecule has 2 heterocycles. The first-order chi connectivity index (χ1) is 13.1. The number of carbonyl (C=O) groups is 1. The molecule has 3 rings (SSSR count). The molecule has 1 N–H and O–H groups in total. The quantitative estimate of drug-likeness (QED) is 0.565. The van der Waals surface area contributed by atoms with Crippen molar-refractivity contribution in [3.05, 3.63) is 48.2 Å². The Morgan fingerprint density at radius 3 is 2.63 bits per heavy atom. The van der Waals surface area contributed by atoms with Crippen LogP contribution in [0.1, 0.15) is 38.7 Å². The minimum absolute atomic E-state index is 0.0668. The number of hydrogen-bond acceptors (Lipinski definition) is 5. The van der Waals surface area contributed by atoms with E-state index in [9.17, 15) is 4.79 Å². The highest BCUT2D eigenvalue weighted by atomic mass is 32.2. The molecular formula is C20H24N4O2S. The summed E-state index contributed by atoms with van der Waals surface area (Å²) in [5.74, 6) is 2.04. The molecule has 0 bridgehead atoms. The summed E-state index contributed by atoms with van der Waals surface area (Å²) in [5, 5.41) is 12.1. The van der Waals surface area contributed by atoms with Crippen molar-refractivity contribution in [3.8, 4) is 11.6 Å². The molecule has 3 aromatic rings. The van der Waals surface area contributed by atoms with Crippen molar-refractivity contribution in [2.45, 2.75) is 44.8 Å². The van der Waals surface area contributed by atoms with Gasteiger partial charge in [-0.2, -0.15) is 0 Å². The Labute approximate surface area is 163 Å². The van der Waals surface area contributed by atoms with Crippen LogP contribution in [0.4, 0.5) is 5.69 Å². The summed E-state index contributed by atoms with van der Waals surface area (Å²) in [6.07, 6.45) is 2.55. The zero-order valence-corrected chi connectivity index (χ0v) is 16.6. The Kier molecular flexibility index (Phi) is 6.34. The maximum atomic E-state index is 12.3. The summed E-state index contributed by atoms with van der Waals surface area (Å²) in [4.78, 5) is 12.3. The number of rotatable bonds is 8. The molecule has 2 aromatic heterocycles. The Hall–Kier alpha value is -2.54.